The molecule has 4 nitrogen and oxygen atoms in total. The van der Waals surface area contributed by atoms with Gasteiger partial charge in [0.15, 0.2) is 0 Å². The second-order valence-corrected chi connectivity index (χ2v) is 4.96. The molecule has 16 heavy (non-hydrogen) atoms. The minimum atomic E-state index is -0.507. The molecule has 0 bridgehead atoms. The number of carbonyl (C=O) groups excluding carboxylic acids is 2. The largest absolute Gasteiger partial charge is 0.458 e. The molecule has 0 saturated heterocycles. The summed E-state index contributed by atoms with van der Waals surface area (Å²) in [6.45, 7) is 6.77. The first-order valence-electron chi connectivity index (χ1n) is 5.35. The lowest BCUT2D eigenvalue weighted by atomic mass is 9.97. The van der Waals surface area contributed by atoms with Crippen LogP contribution in [-0.4, -0.2) is 24.1 Å². The molecule has 4 heteroatoms. The Kier molecular flexibility index (Phi) is 3.73. The monoisotopic (exact) mass is 226 g/mol. The summed E-state index contributed by atoms with van der Waals surface area (Å²) in [5.41, 5.74) is -0.507. The highest BCUT2D eigenvalue weighted by Crippen LogP contribution is 2.22. The Hall–Kier alpha value is -1.32. The van der Waals surface area contributed by atoms with Crippen LogP contribution < -0.4 is 0 Å². The molecule has 0 spiro atoms. The lowest BCUT2D eigenvalue weighted by Gasteiger charge is -2.20. The Labute approximate surface area is 95.6 Å². The van der Waals surface area contributed by atoms with Crippen molar-refractivity contribution in [3.63, 3.8) is 0 Å². The Morgan fingerprint density at radius 2 is 1.62 bits per heavy atom. The highest BCUT2D eigenvalue weighted by Gasteiger charge is 2.29. The zero-order valence-electron chi connectivity index (χ0n) is 10.1. The van der Waals surface area contributed by atoms with Crippen molar-refractivity contribution in [2.24, 2.45) is 5.41 Å². The van der Waals surface area contributed by atoms with Gasteiger partial charge < -0.3 is 9.47 Å². The topological polar surface area (TPSA) is 52.6 Å². The smallest absolute Gasteiger partial charge is 0.311 e. The van der Waals surface area contributed by atoms with Crippen LogP contribution in [0.2, 0.25) is 0 Å². The van der Waals surface area contributed by atoms with E-state index in [1.165, 1.54) is 6.92 Å². The summed E-state index contributed by atoms with van der Waals surface area (Å²) >= 11 is 0. The van der Waals surface area contributed by atoms with Crippen LogP contribution in [0.5, 0.6) is 0 Å². The van der Waals surface area contributed by atoms with Crippen LogP contribution in [0.25, 0.3) is 0 Å². The molecule has 0 heterocycles. The van der Waals surface area contributed by atoms with Crippen molar-refractivity contribution in [3.8, 4) is 0 Å². The second kappa shape index (κ2) is 4.68. The zero-order chi connectivity index (χ0) is 12.3. The fourth-order valence-corrected chi connectivity index (χ4v) is 1.34. The third-order valence-corrected chi connectivity index (χ3v) is 2.19. The van der Waals surface area contributed by atoms with Crippen LogP contribution in [-0.2, 0) is 19.1 Å². The fraction of sp³-hybridized carbons (Fsp3) is 0.667. The van der Waals surface area contributed by atoms with Crippen molar-refractivity contribution in [1.82, 2.24) is 0 Å². The molecule has 0 aliphatic heterocycles. The average molecular weight is 226 g/mol. The molecule has 0 amide bonds. The van der Waals surface area contributed by atoms with Gasteiger partial charge in [0.05, 0.1) is 5.41 Å². The highest BCUT2D eigenvalue weighted by atomic mass is 16.6. The van der Waals surface area contributed by atoms with E-state index in [1.807, 2.05) is 0 Å². The van der Waals surface area contributed by atoms with Crippen molar-refractivity contribution in [3.05, 3.63) is 12.2 Å². The maximum absolute atomic E-state index is 11.6. The van der Waals surface area contributed by atoms with Gasteiger partial charge >= 0.3 is 11.9 Å². The molecule has 0 saturated carbocycles. The van der Waals surface area contributed by atoms with Crippen LogP contribution in [0.15, 0.2) is 12.2 Å². The number of esters is 2. The normalized spacial score (nSPS) is 24.2. The Bertz CT molecular complexity index is 311. The van der Waals surface area contributed by atoms with Crippen molar-refractivity contribution >= 4 is 11.9 Å². The number of hydrogen-bond acceptors (Lipinski definition) is 4. The Morgan fingerprint density at radius 1 is 1.12 bits per heavy atom. The van der Waals surface area contributed by atoms with Crippen LogP contribution in [0.1, 0.15) is 34.1 Å². The second-order valence-electron chi connectivity index (χ2n) is 4.96. The number of carbonyl (C=O) groups is 2. The van der Waals surface area contributed by atoms with Crippen LogP contribution in [0.3, 0.4) is 0 Å². The minimum absolute atomic E-state index is 0.245. The molecular formula is C12H18O4. The SMILES string of the molecule is CC(=O)O[C@H]1C=C[C@H](OC(=O)C(C)(C)C)C1. The van der Waals surface area contributed by atoms with Crippen molar-refractivity contribution in [2.75, 3.05) is 0 Å². The van der Waals surface area contributed by atoms with Crippen molar-refractivity contribution in [1.29, 1.82) is 0 Å². The van der Waals surface area contributed by atoms with Gasteiger partial charge in [0, 0.05) is 13.3 Å². The Morgan fingerprint density at radius 3 is 2.06 bits per heavy atom. The van der Waals surface area contributed by atoms with Gasteiger partial charge in [-0.2, -0.15) is 0 Å². The number of ether oxygens (including phenoxy) is 2. The van der Waals surface area contributed by atoms with Crippen molar-refractivity contribution in [2.45, 2.75) is 46.3 Å². The molecule has 0 fully saturated rings. The van der Waals surface area contributed by atoms with Crippen LogP contribution in [0, 0.1) is 5.41 Å². The predicted molar refractivity (Wildman–Crippen MR) is 58.6 cm³/mol. The van der Waals surface area contributed by atoms with E-state index in [4.69, 9.17) is 9.47 Å². The lowest BCUT2D eigenvalue weighted by Crippen LogP contribution is -2.27. The standard InChI is InChI=1S/C12H18O4/c1-8(13)15-9-5-6-10(7-9)16-11(14)12(2,3)4/h5-6,9-10H,7H2,1-4H3/t9-,10-/m0/s1. The number of rotatable bonds is 2. The maximum atomic E-state index is 11.6. The minimum Gasteiger partial charge on any atom is -0.458 e. The van der Waals surface area contributed by atoms with Gasteiger partial charge in [-0.3, -0.25) is 9.59 Å². The molecule has 0 unspecified atom stereocenters. The highest BCUT2D eigenvalue weighted by molar-refractivity contribution is 5.75. The Balaban J connectivity index is 2.41. The average Bonchev–Trinajstić information content (AvgIpc) is 2.49. The first kappa shape index (κ1) is 12.7. The molecule has 0 aromatic rings. The summed E-state index contributed by atoms with van der Waals surface area (Å²) in [5, 5.41) is 0. The summed E-state index contributed by atoms with van der Waals surface area (Å²) in [7, 11) is 0. The summed E-state index contributed by atoms with van der Waals surface area (Å²) in [5.74, 6) is -0.567. The van der Waals surface area contributed by atoms with E-state index in [2.05, 4.69) is 0 Å². The van der Waals surface area contributed by atoms with E-state index in [0.29, 0.717) is 6.42 Å². The quantitative estimate of drug-likeness (QED) is 0.532. The predicted octanol–water partition coefficient (Wildman–Crippen LogP) is 1.84. The van der Waals surface area contributed by atoms with E-state index in [9.17, 15) is 9.59 Å². The summed E-state index contributed by atoms with van der Waals surface area (Å²) < 4.78 is 10.3. The summed E-state index contributed by atoms with van der Waals surface area (Å²) in [4.78, 5) is 22.3. The van der Waals surface area contributed by atoms with Gasteiger partial charge in [0.25, 0.3) is 0 Å². The van der Waals surface area contributed by atoms with Gasteiger partial charge in [-0.25, -0.2) is 0 Å². The van der Waals surface area contributed by atoms with Gasteiger partial charge in [-0.15, -0.1) is 0 Å². The first-order chi connectivity index (χ1) is 7.29. The molecule has 1 aliphatic carbocycles. The first-order valence-corrected chi connectivity index (χ1v) is 5.35. The molecule has 0 aromatic heterocycles. The third-order valence-electron chi connectivity index (χ3n) is 2.19. The van der Waals surface area contributed by atoms with E-state index in [1.54, 1.807) is 32.9 Å². The molecule has 1 rings (SSSR count). The fourth-order valence-electron chi connectivity index (χ4n) is 1.34. The molecule has 90 valence electrons. The number of hydrogen-bond donors (Lipinski definition) is 0. The van der Waals surface area contributed by atoms with Gasteiger partial charge in [0.1, 0.15) is 12.2 Å². The van der Waals surface area contributed by atoms with Crippen LogP contribution in [0.4, 0.5) is 0 Å². The molecule has 0 N–H and O–H groups in total. The van der Waals surface area contributed by atoms with Gasteiger partial charge in [-0.05, 0) is 32.9 Å². The van der Waals surface area contributed by atoms with E-state index in [0.717, 1.165) is 0 Å². The van der Waals surface area contributed by atoms with Crippen molar-refractivity contribution < 1.29 is 19.1 Å². The van der Waals surface area contributed by atoms with E-state index >= 15 is 0 Å². The van der Waals surface area contributed by atoms with Gasteiger partial charge in [-0.1, -0.05) is 0 Å². The molecule has 1 aliphatic rings. The van der Waals surface area contributed by atoms with E-state index < -0.39 is 5.41 Å². The maximum Gasteiger partial charge on any atom is 0.311 e. The molecule has 2 atom stereocenters. The lowest BCUT2D eigenvalue weighted by molar-refractivity contribution is -0.157. The summed E-state index contributed by atoms with van der Waals surface area (Å²) in [6, 6.07) is 0. The zero-order valence-corrected chi connectivity index (χ0v) is 10.1. The van der Waals surface area contributed by atoms with E-state index in [-0.39, 0.29) is 24.1 Å². The molecular weight excluding hydrogens is 208 g/mol. The molecule has 0 aromatic carbocycles. The molecule has 0 radical (unpaired) electrons. The van der Waals surface area contributed by atoms with Crippen LogP contribution >= 0.6 is 0 Å². The summed E-state index contributed by atoms with van der Waals surface area (Å²) in [6.07, 6.45) is 3.48. The van der Waals surface area contributed by atoms with Gasteiger partial charge in [0.2, 0.25) is 0 Å². The third kappa shape index (κ3) is 3.68.